The van der Waals surface area contributed by atoms with E-state index in [0.717, 1.165) is 0 Å². The van der Waals surface area contributed by atoms with E-state index in [-0.39, 0.29) is 23.6 Å². The Hall–Kier alpha value is -5.19. The number of carbonyl (C=O) groups excluding carboxylic acids is 3. The number of aromatic hydroxyl groups is 1. The van der Waals surface area contributed by atoms with E-state index in [0.29, 0.717) is 22.4 Å². The van der Waals surface area contributed by atoms with Gasteiger partial charge >= 0.3 is 5.97 Å². The molecule has 2 atom stereocenters. The molecule has 3 rings (SSSR count). The van der Waals surface area contributed by atoms with Crippen molar-refractivity contribution < 1.29 is 34.1 Å². The number of nitrogen functional groups attached to an aromatic ring is 1. The quantitative estimate of drug-likeness (QED) is 0.0858. The van der Waals surface area contributed by atoms with Crippen molar-refractivity contribution >= 4 is 35.8 Å². The third-order valence-electron chi connectivity index (χ3n) is 5.41. The van der Waals surface area contributed by atoms with E-state index < -0.39 is 29.7 Å². The van der Waals surface area contributed by atoms with Crippen LogP contribution in [0.1, 0.15) is 45.9 Å². The van der Waals surface area contributed by atoms with Crippen molar-refractivity contribution in [1.29, 1.82) is 5.41 Å². The van der Waals surface area contributed by atoms with Gasteiger partial charge in [0.1, 0.15) is 23.1 Å². The Kier molecular flexibility index (Phi) is 10.5. The van der Waals surface area contributed by atoms with Crippen LogP contribution in [-0.4, -0.2) is 47.4 Å². The van der Waals surface area contributed by atoms with E-state index in [1.807, 2.05) is 0 Å². The molecule has 0 saturated heterocycles. The van der Waals surface area contributed by atoms with Crippen molar-refractivity contribution in [3.63, 3.8) is 0 Å². The smallest absolute Gasteiger partial charge is 0.341 e. The molecule has 0 aliphatic heterocycles. The Morgan fingerprint density at radius 1 is 0.974 bits per heavy atom. The average molecular weight is 521 g/mol. The number of ether oxygens (including phenoxy) is 1. The molecule has 11 heteroatoms. The lowest BCUT2D eigenvalue weighted by molar-refractivity contribution is -0.129. The van der Waals surface area contributed by atoms with Gasteiger partial charge in [-0.05, 0) is 54.4 Å². The molecule has 0 radical (unpaired) electrons. The maximum Gasteiger partial charge on any atom is 0.341 e. The van der Waals surface area contributed by atoms with Gasteiger partial charge in [0.05, 0.1) is 13.2 Å². The highest BCUT2D eigenvalue weighted by Gasteiger charge is 2.30. The van der Waals surface area contributed by atoms with Crippen LogP contribution in [0.25, 0.3) is 0 Å². The molecule has 38 heavy (non-hydrogen) atoms. The number of nitrogens with two attached hydrogens (primary N) is 1. The number of amidine groups is 1. The van der Waals surface area contributed by atoms with Gasteiger partial charge in [0.25, 0.3) is 6.47 Å². The summed E-state index contributed by atoms with van der Waals surface area (Å²) in [6.45, 7) is 1.45. The Bertz CT molecular complexity index is 1290. The summed E-state index contributed by atoms with van der Waals surface area (Å²) >= 11 is 0. The number of esters is 1. The lowest BCUT2D eigenvalue weighted by Crippen LogP contribution is -2.37. The summed E-state index contributed by atoms with van der Waals surface area (Å²) in [7, 11) is 1.20. The molecular formula is C27H28N4O7. The number of hydrogen-bond donors (Lipinski definition) is 6. The van der Waals surface area contributed by atoms with Gasteiger partial charge in [-0.25, -0.2) is 4.79 Å². The fourth-order valence-electron chi connectivity index (χ4n) is 3.49. The van der Waals surface area contributed by atoms with E-state index >= 15 is 0 Å². The Balaban J connectivity index is 0.00000161. The summed E-state index contributed by atoms with van der Waals surface area (Å²) in [5.74, 6) is -3.30. The minimum Gasteiger partial charge on any atom is -0.507 e. The lowest BCUT2D eigenvalue weighted by atomic mass is 9.96. The molecule has 0 spiro atoms. The van der Waals surface area contributed by atoms with E-state index in [4.69, 9.17) is 21.0 Å². The summed E-state index contributed by atoms with van der Waals surface area (Å²) in [4.78, 5) is 46.7. The Morgan fingerprint density at radius 2 is 1.58 bits per heavy atom. The number of amides is 2. The summed E-state index contributed by atoms with van der Waals surface area (Å²) in [6, 6.07) is 18.8. The molecule has 0 heterocycles. The van der Waals surface area contributed by atoms with Crippen molar-refractivity contribution in [2.24, 2.45) is 5.73 Å². The van der Waals surface area contributed by atoms with E-state index in [2.05, 4.69) is 15.4 Å². The molecule has 3 aromatic rings. The molecule has 0 fully saturated rings. The number of anilines is 1. The largest absolute Gasteiger partial charge is 0.507 e. The number of methoxy groups -OCH3 is 1. The number of benzene rings is 3. The van der Waals surface area contributed by atoms with Gasteiger partial charge in [0.15, 0.2) is 0 Å². The summed E-state index contributed by atoms with van der Waals surface area (Å²) in [6.07, 6.45) is 0. The molecule has 2 unspecified atom stereocenters. The standard InChI is InChI=1S/C26H26N4O5.CH2O2/c1-15(18-10-13-21(31)20(14-18)26(34)35-2)29-24(32)22(16-6-4-3-5-7-16)25(33)30-19-11-8-17(9-12-19)23(27)28;2-1-3/h3-15,22,31H,1-2H3,(H3,27,28)(H,29,32)(H,30,33);1H,(H,2,3). The van der Waals surface area contributed by atoms with Crippen molar-refractivity contribution in [2.45, 2.75) is 18.9 Å². The zero-order valence-corrected chi connectivity index (χ0v) is 20.7. The molecule has 0 aromatic heterocycles. The van der Waals surface area contributed by atoms with Crippen LogP contribution >= 0.6 is 0 Å². The molecular weight excluding hydrogens is 492 g/mol. The number of carboxylic acid groups (broad SMARTS) is 1. The normalized spacial score (nSPS) is 11.5. The number of phenolic OH excluding ortho intramolecular Hbond substituents is 1. The predicted molar refractivity (Wildman–Crippen MR) is 140 cm³/mol. The third kappa shape index (κ3) is 7.65. The molecule has 11 nitrogen and oxygen atoms in total. The zero-order chi connectivity index (χ0) is 28.2. The zero-order valence-electron chi connectivity index (χ0n) is 20.7. The van der Waals surface area contributed by atoms with Crippen LogP contribution in [0.2, 0.25) is 0 Å². The first-order valence-corrected chi connectivity index (χ1v) is 11.2. The van der Waals surface area contributed by atoms with Gasteiger partial charge in [0, 0.05) is 11.3 Å². The van der Waals surface area contributed by atoms with Crippen molar-refractivity contribution in [3.8, 4) is 5.75 Å². The maximum atomic E-state index is 13.3. The molecule has 0 aliphatic carbocycles. The van der Waals surface area contributed by atoms with Crippen LogP contribution in [-0.2, 0) is 19.1 Å². The fraction of sp³-hybridized carbons (Fsp3) is 0.148. The molecule has 7 N–H and O–H groups in total. The number of carbonyl (C=O) groups is 4. The number of phenols is 1. The van der Waals surface area contributed by atoms with Crippen molar-refractivity contribution in [3.05, 3.63) is 95.1 Å². The number of nitrogens with one attached hydrogen (secondary N) is 3. The summed E-state index contributed by atoms with van der Waals surface area (Å²) in [5.41, 5.74) is 7.44. The second-order valence-electron chi connectivity index (χ2n) is 7.93. The van der Waals surface area contributed by atoms with Crippen LogP contribution in [0, 0.1) is 5.41 Å². The van der Waals surface area contributed by atoms with Crippen LogP contribution < -0.4 is 16.4 Å². The summed E-state index contributed by atoms with van der Waals surface area (Å²) in [5, 5.41) is 29.8. The monoisotopic (exact) mass is 520 g/mol. The third-order valence-corrected chi connectivity index (χ3v) is 5.41. The molecule has 0 aliphatic rings. The van der Waals surface area contributed by atoms with Gasteiger partial charge in [-0.2, -0.15) is 0 Å². The van der Waals surface area contributed by atoms with E-state index in [1.165, 1.54) is 19.2 Å². The van der Waals surface area contributed by atoms with Crippen LogP contribution in [0.4, 0.5) is 5.69 Å². The molecule has 0 bridgehead atoms. The Labute approximate surface area is 218 Å². The van der Waals surface area contributed by atoms with Crippen LogP contribution in [0.15, 0.2) is 72.8 Å². The molecule has 3 aromatic carbocycles. The average Bonchev–Trinajstić information content (AvgIpc) is 2.90. The molecule has 198 valence electrons. The summed E-state index contributed by atoms with van der Waals surface area (Å²) < 4.78 is 4.68. The Morgan fingerprint density at radius 3 is 2.13 bits per heavy atom. The number of hydrogen-bond acceptors (Lipinski definition) is 7. The highest BCUT2D eigenvalue weighted by molar-refractivity contribution is 6.11. The predicted octanol–water partition coefficient (Wildman–Crippen LogP) is 2.76. The maximum absolute atomic E-state index is 13.3. The highest BCUT2D eigenvalue weighted by Crippen LogP contribution is 2.25. The van der Waals surface area contributed by atoms with Crippen LogP contribution in [0.3, 0.4) is 0 Å². The van der Waals surface area contributed by atoms with Crippen LogP contribution in [0.5, 0.6) is 5.75 Å². The molecule has 2 amide bonds. The first kappa shape index (κ1) is 29.0. The first-order valence-electron chi connectivity index (χ1n) is 11.2. The van der Waals surface area contributed by atoms with Gasteiger partial charge in [-0.15, -0.1) is 0 Å². The fourth-order valence-corrected chi connectivity index (χ4v) is 3.49. The van der Waals surface area contributed by atoms with Gasteiger partial charge in [-0.3, -0.25) is 19.8 Å². The van der Waals surface area contributed by atoms with Crippen molar-refractivity contribution in [2.75, 3.05) is 12.4 Å². The van der Waals surface area contributed by atoms with E-state index in [9.17, 15) is 19.5 Å². The van der Waals surface area contributed by atoms with Crippen molar-refractivity contribution in [1.82, 2.24) is 5.32 Å². The second kappa shape index (κ2) is 13.8. The first-order chi connectivity index (χ1) is 18.1. The minimum atomic E-state index is -1.16. The SMILES string of the molecule is COC(=O)c1cc(C(C)NC(=O)C(C(=O)Nc2ccc(C(=N)N)cc2)c2ccccc2)ccc1O.O=CO. The molecule has 0 saturated carbocycles. The highest BCUT2D eigenvalue weighted by atomic mass is 16.5. The second-order valence-corrected chi connectivity index (χ2v) is 7.93. The van der Waals surface area contributed by atoms with Gasteiger partial charge in [-0.1, -0.05) is 36.4 Å². The minimum absolute atomic E-state index is 0.0301. The topological polar surface area (TPSA) is 192 Å². The van der Waals surface area contributed by atoms with Gasteiger partial charge in [0.2, 0.25) is 11.8 Å². The number of rotatable bonds is 8. The van der Waals surface area contributed by atoms with E-state index in [1.54, 1.807) is 67.6 Å². The van der Waals surface area contributed by atoms with Gasteiger partial charge < -0.3 is 31.3 Å². The lowest BCUT2D eigenvalue weighted by Gasteiger charge is -2.21.